The molecule has 4 nitrogen and oxygen atoms in total. The molecule has 1 aromatic carbocycles. The average Bonchev–Trinajstić information content (AvgIpc) is 2.40. The van der Waals surface area contributed by atoms with Gasteiger partial charge in [-0.15, -0.1) is 0 Å². The van der Waals surface area contributed by atoms with Crippen LogP contribution in [0.4, 0.5) is 0 Å². The molecule has 2 N–H and O–H groups in total. The second kappa shape index (κ2) is 7.95. The van der Waals surface area contributed by atoms with Crippen LogP contribution in [0.25, 0.3) is 0 Å². The molecule has 0 fully saturated rings. The maximum absolute atomic E-state index is 5.94. The zero-order valence-corrected chi connectivity index (χ0v) is 11.4. The highest BCUT2D eigenvalue weighted by molar-refractivity contribution is 5.43. The van der Waals surface area contributed by atoms with Crippen LogP contribution in [0.5, 0.6) is 11.5 Å². The molecule has 1 rings (SSSR count). The molecule has 4 heteroatoms. The Kier molecular flexibility index (Phi) is 6.54. The van der Waals surface area contributed by atoms with E-state index in [1.165, 1.54) is 0 Å². The molecular formula is C14H23NO3. The third-order valence-electron chi connectivity index (χ3n) is 2.75. The van der Waals surface area contributed by atoms with Crippen molar-refractivity contribution in [2.75, 3.05) is 20.5 Å². The Labute approximate surface area is 109 Å². The Morgan fingerprint density at radius 1 is 1.22 bits per heavy atom. The van der Waals surface area contributed by atoms with Gasteiger partial charge in [0.15, 0.2) is 18.3 Å². The molecule has 0 saturated carbocycles. The first-order valence-corrected chi connectivity index (χ1v) is 6.34. The van der Waals surface area contributed by atoms with Gasteiger partial charge in [0.1, 0.15) is 0 Å². The Morgan fingerprint density at radius 3 is 2.61 bits per heavy atom. The molecule has 0 saturated heterocycles. The predicted molar refractivity (Wildman–Crippen MR) is 72.1 cm³/mol. The van der Waals surface area contributed by atoms with Gasteiger partial charge < -0.3 is 19.9 Å². The minimum Gasteiger partial charge on any atom is -0.493 e. The van der Waals surface area contributed by atoms with Crippen molar-refractivity contribution in [2.24, 2.45) is 5.73 Å². The molecular weight excluding hydrogens is 230 g/mol. The van der Waals surface area contributed by atoms with Crippen molar-refractivity contribution in [1.29, 1.82) is 0 Å². The third kappa shape index (κ3) is 4.55. The van der Waals surface area contributed by atoms with Gasteiger partial charge in [0, 0.05) is 12.6 Å². The summed E-state index contributed by atoms with van der Waals surface area (Å²) in [5, 5.41) is 0. The lowest BCUT2D eigenvalue weighted by Gasteiger charge is -2.13. The van der Waals surface area contributed by atoms with Gasteiger partial charge in [0.2, 0.25) is 0 Å². The summed E-state index contributed by atoms with van der Waals surface area (Å²) in [4.78, 5) is 0. The summed E-state index contributed by atoms with van der Waals surface area (Å²) >= 11 is 0. The summed E-state index contributed by atoms with van der Waals surface area (Å²) < 4.78 is 15.9. The van der Waals surface area contributed by atoms with Crippen molar-refractivity contribution in [2.45, 2.75) is 32.7 Å². The van der Waals surface area contributed by atoms with E-state index in [1.54, 1.807) is 7.11 Å². The number of rotatable bonds is 8. The van der Waals surface area contributed by atoms with E-state index in [0.717, 1.165) is 24.2 Å². The van der Waals surface area contributed by atoms with E-state index in [-0.39, 0.29) is 12.8 Å². The molecule has 18 heavy (non-hydrogen) atoms. The summed E-state index contributed by atoms with van der Waals surface area (Å²) in [5.74, 6) is 1.41. The van der Waals surface area contributed by atoms with Crippen LogP contribution in [-0.4, -0.2) is 26.6 Å². The van der Waals surface area contributed by atoms with Crippen LogP contribution in [0.1, 0.15) is 25.8 Å². The smallest absolute Gasteiger partial charge is 0.189 e. The van der Waals surface area contributed by atoms with E-state index in [2.05, 4.69) is 6.92 Å². The van der Waals surface area contributed by atoms with Crippen LogP contribution in [0, 0.1) is 0 Å². The van der Waals surface area contributed by atoms with Crippen LogP contribution in [0.2, 0.25) is 0 Å². The fourth-order valence-electron chi connectivity index (χ4n) is 1.59. The summed E-state index contributed by atoms with van der Waals surface area (Å²) in [5.41, 5.74) is 7.10. The first-order valence-electron chi connectivity index (χ1n) is 6.34. The van der Waals surface area contributed by atoms with E-state index in [4.69, 9.17) is 19.9 Å². The van der Waals surface area contributed by atoms with E-state index in [9.17, 15) is 0 Å². The molecule has 0 heterocycles. The summed E-state index contributed by atoms with van der Waals surface area (Å²) in [6.07, 6.45) is 1.81. The van der Waals surface area contributed by atoms with Crippen molar-refractivity contribution in [3.63, 3.8) is 0 Å². The SMILES string of the molecule is CCOCOc1ccc(CC(N)CC)cc1OC. The van der Waals surface area contributed by atoms with Gasteiger partial charge in [-0.05, 0) is 37.5 Å². The lowest BCUT2D eigenvalue weighted by atomic mass is 10.0. The summed E-state index contributed by atoms with van der Waals surface area (Å²) in [6, 6.07) is 6.07. The molecule has 0 amide bonds. The molecule has 1 unspecified atom stereocenters. The fourth-order valence-corrected chi connectivity index (χ4v) is 1.59. The zero-order valence-electron chi connectivity index (χ0n) is 11.4. The van der Waals surface area contributed by atoms with E-state index in [1.807, 2.05) is 25.1 Å². The van der Waals surface area contributed by atoms with Crippen LogP contribution in [-0.2, 0) is 11.2 Å². The lowest BCUT2D eigenvalue weighted by molar-refractivity contribution is 0.0209. The molecule has 0 aliphatic rings. The van der Waals surface area contributed by atoms with Gasteiger partial charge in [0.25, 0.3) is 0 Å². The third-order valence-corrected chi connectivity index (χ3v) is 2.75. The van der Waals surface area contributed by atoms with Crippen molar-refractivity contribution < 1.29 is 14.2 Å². The molecule has 0 aliphatic heterocycles. The Morgan fingerprint density at radius 2 is 2.00 bits per heavy atom. The lowest BCUT2D eigenvalue weighted by Crippen LogP contribution is -2.21. The Bertz CT molecular complexity index is 355. The van der Waals surface area contributed by atoms with Gasteiger partial charge in [-0.2, -0.15) is 0 Å². The van der Waals surface area contributed by atoms with Crippen LogP contribution in [0.15, 0.2) is 18.2 Å². The van der Waals surface area contributed by atoms with Crippen molar-refractivity contribution in [3.8, 4) is 11.5 Å². The monoisotopic (exact) mass is 253 g/mol. The molecule has 0 aromatic heterocycles. The van der Waals surface area contributed by atoms with Gasteiger partial charge in [-0.3, -0.25) is 0 Å². The van der Waals surface area contributed by atoms with Gasteiger partial charge in [-0.1, -0.05) is 13.0 Å². The fraction of sp³-hybridized carbons (Fsp3) is 0.571. The Balaban J connectivity index is 2.70. The topological polar surface area (TPSA) is 53.7 Å². The molecule has 0 radical (unpaired) electrons. The van der Waals surface area contributed by atoms with Crippen LogP contribution < -0.4 is 15.2 Å². The number of ether oxygens (including phenoxy) is 3. The van der Waals surface area contributed by atoms with E-state index >= 15 is 0 Å². The second-order valence-corrected chi connectivity index (χ2v) is 4.11. The van der Waals surface area contributed by atoms with Crippen molar-refractivity contribution in [3.05, 3.63) is 23.8 Å². The molecule has 102 valence electrons. The second-order valence-electron chi connectivity index (χ2n) is 4.11. The number of hydrogen-bond acceptors (Lipinski definition) is 4. The summed E-state index contributed by atoms with van der Waals surface area (Å²) in [7, 11) is 1.63. The van der Waals surface area contributed by atoms with Crippen molar-refractivity contribution >= 4 is 0 Å². The number of hydrogen-bond donors (Lipinski definition) is 1. The quantitative estimate of drug-likeness (QED) is 0.571. The molecule has 0 aliphatic carbocycles. The van der Waals surface area contributed by atoms with Crippen LogP contribution in [0.3, 0.4) is 0 Å². The Hall–Kier alpha value is -1.26. The van der Waals surface area contributed by atoms with Crippen LogP contribution >= 0.6 is 0 Å². The average molecular weight is 253 g/mol. The summed E-state index contributed by atoms with van der Waals surface area (Å²) in [6.45, 7) is 4.88. The maximum Gasteiger partial charge on any atom is 0.189 e. The number of benzene rings is 1. The molecule has 1 atom stereocenters. The normalized spacial score (nSPS) is 12.2. The standard InChI is InChI=1S/C14H23NO3/c1-4-12(15)8-11-6-7-13(14(9-11)16-3)18-10-17-5-2/h6-7,9,12H,4-5,8,10,15H2,1-3H3. The molecule has 0 bridgehead atoms. The largest absolute Gasteiger partial charge is 0.493 e. The zero-order chi connectivity index (χ0) is 13.4. The molecule has 0 spiro atoms. The highest BCUT2D eigenvalue weighted by Crippen LogP contribution is 2.28. The van der Waals surface area contributed by atoms with Crippen molar-refractivity contribution in [1.82, 2.24) is 0 Å². The van der Waals surface area contributed by atoms with Gasteiger partial charge in [-0.25, -0.2) is 0 Å². The maximum atomic E-state index is 5.94. The van der Waals surface area contributed by atoms with Gasteiger partial charge >= 0.3 is 0 Å². The predicted octanol–water partition coefficient (Wildman–Crippen LogP) is 2.35. The number of methoxy groups -OCH3 is 1. The minimum absolute atomic E-state index is 0.185. The first-order chi connectivity index (χ1) is 8.71. The van der Waals surface area contributed by atoms with E-state index < -0.39 is 0 Å². The minimum atomic E-state index is 0.185. The van der Waals surface area contributed by atoms with Gasteiger partial charge in [0.05, 0.1) is 7.11 Å². The first kappa shape index (κ1) is 14.8. The van der Waals surface area contributed by atoms with E-state index in [0.29, 0.717) is 12.4 Å². The molecule has 1 aromatic rings. The highest BCUT2D eigenvalue weighted by Gasteiger charge is 2.08. The highest BCUT2D eigenvalue weighted by atomic mass is 16.7. The number of nitrogens with two attached hydrogens (primary N) is 1.